The van der Waals surface area contributed by atoms with Crippen LogP contribution < -0.4 is 4.90 Å². The molecule has 18 heavy (non-hydrogen) atoms. The first-order chi connectivity index (χ1) is 8.75. The van der Waals surface area contributed by atoms with E-state index in [1.54, 1.807) is 5.51 Å². The first-order valence-electron chi connectivity index (χ1n) is 6.21. The Morgan fingerprint density at radius 1 is 1.44 bits per heavy atom. The lowest BCUT2D eigenvalue weighted by molar-refractivity contribution is -0.136. The van der Waals surface area contributed by atoms with Crippen LogP contribution in [0.15, 0.2) is 5.51 Å². The Bertz CT molecular complexity index is 365. The van der Waals surface area contributed by atoms with Crippen LogP contribution in [0.5, 0.6) is 0 Å². The summed E-state index contributed by atoms with van der Waals surface area (Å²) in [5, 5.41) is 17.4. The molecule has 0 bridgehead atoms. The van der Waals surface area contributed by atoms with E-state index in [-0.39, 0.29) is 6.42 Å². The first kappa shape index (κ1) is 13.2. The van der Waals surface area contributed by atoms with E-state index in [2.05, 4.69) is 15.1 Å². The van der Waals surface area contributed by atoms with E-state index in [1.807, 2.05) is 4.90 Å². The van der Waals surface area contributed by atoms with Crippen molar-refractivity contribution < 1.29 is 9.90 Å². The van der Waals surface area contributed by atoms with Gasteiger partial charge in [0, 0.05) is 19.6 Å². The Morgan fingerprint density at radius 3 is 2.83 bits per heavy atom. The molecule has 1 N–H and O–H groups in total. The van der Waals surface area contributed by atoms with Gasteiger partial charge in [-0.2, -0.15) is 0 Å². The molecule has 0 spiro atoms. The Balaban J connectivity index is 1.85. The first-order valence-corrected chi connectivity index (χ1v) is 7.09. The van der Waals surface area contributed by atoms with Crippen molar-refractivity contribution in [3.63, 3.8) is 0 Å². The maximum Gasteiger partial charge on any atom is 0.305 e. The highest BCUT2D eigenvalue weighted by Gasteiger charge is 2.15. The minimum atomic E-state index is -0.773. The van der Waals surface area contributed by atoms with E-state index in [1.165, 1.54) is 24.2 Å². The molecule has 6 nitrogen and oxygen atoms in total. The molecule has 0 saturated carbocycles. The third-order valence-corrected chi connectivity index (χ3v) is 3.85. The molecule has 1 fully saturated rings. The number of aliphatic carboxylic acids is 1. The highest BCUT2D eigenvalue weighted by Crippen LogP contribution is 2.16. The number of anilines is 1. The second-order valence-electron chi connectivity index (χ2n) is 4.40. The van der Waals surface area contributed by atoms with Gasteiger partial charge in [-0.15, -0.1) is 10.2 Å². The van der Waals surface area contributed by atoms with Gasteiger partial charge in [0.2, 0.25) is 5.13 Å². The summed E-state index contributed by atoms with van der Waals surface area (Å²) in [5.41, 5.74) is 1.68. The lowest BCUT2D eigenvalue weighted by Crippen LogP contribution is -2.35. The van der Waals surface area contributed by atoms with Crippen LogP contribution in [0.1, 0.15) is 19.3 Å². The van der Waals surface area contributed by atoms with Crippen LogP contribution in [0.3, 0.4) is 0 Å². The molecular weight excluding hydrogens is 252 g/mol. The van der Waals surface area contributed by atoms with Crippen molar-refractivity contribution in [3.05, 3.63) is 5.51 Å². The molecule has 1 aromatic rings. The van der Waals surface area contributed by atoms with Gasteiger partial charge in [0.1, 0.15) is 5.51 Å². The van der Waals surface area contributed by atoms with Gasteiger partial charge in [-0.25, -0.2) is 0 Å². The standard InChI is InChI=1S/C11H18N4O2S/c16-10(17)3-6-15(11-13-12-9-18-11)8-7-14-4-1-2-5-14/h9H,1-8H2,(H,16,17). The van der Waals surface area contributed by atoms with Crippen LogP contribution in [-0.4, -0.2) is 58.9 Å². The number of carboxylic acid groups (broad SMARTS) is 1. The van der Waals surface area contributed by atoms with Crippen molar-refractivity contribution >= 4 is 22.4 Å². The molecule has 1 aliphatic rings. The molecule has 2 rings (SSSR count). The maximum atomic E-state index is 10.7. The lowest BCUT2D eigenvalue weighted by Gasteiger charge is -2.23. The second kappa shape index (κ2) is 6.65. The zero-order chi connectivity index (χ0) is 12.8. The topological polar surface area (TPSA) is 69.6 Å². The van der Waals surface area contributed by atoms with Crippen LogP contribution in [-0.2, 0) is 4.79 Å². The third kappa shape index (κ3) is 3.92. The molecule has 0 amide bonds. The number of hydrogen-bond donors (Lipinski definition) is 1. The summed E-state index contributed by atoms with van der Waals surface area (Å²) in [7, 11) is 0. The minimum Gasteiger partial charge on any atom is -0.481 e. The molecule has 0 unspecified atom stereocenters. The smallest absolute Gasteiger partial charge is 0.305 e. The van der Waals surface area contributed by atoms with Gasteiger partial charge in [0.15, 0.2) is 0 Å². The summed E-state index contributed by atoms with van der Waals surface area (Å²) in [6.45, 7) is 4.60. The molecule has 0 radical (unpaired) electrons. The van der Waals surface area contributed by atoms with Crippen molar-refractivity contribution in [3.8, 4) is 0 Å². The Kier molecular flexibility index (Phi) is 4.89. The quantitative estimate of drug-likeness (QED) is 0.794. The summed E-state index contributed by atoms with van der Waals surface area (Å²) in [5.74, 6) is -0.773. The van der Waals surface area contributed by atoms with Gasteiger partial charge >= 0.3 is 5.97 Å². The Morgan fingerprint density at radius 2 is 2.22 bits per heavy atom. The van der Waals surface area contributed by atoms with E-state index in [9.17, 15) is 4.79 Å². The molecular formula is C11H18N4O2S. The van der Waals surface area contributed by atoms with Gasteiger partial charge in [-0.05, 0) is 25.9 Å². The SMILES string of the molecule is O=C(O)CCN(CCN1CCCC1)c1nncs1. The Hall–Kier alpha value is -1.21. The fourth-order valence-corrected chi connectivity index (χ4v) is 2.72. The minimum absolute atomic E-state index is 0.138. The number of carboxylic acids is 1. The number of likely N-dealkylation sites (tertiary alicyclic amines) is 1. The summed E-state index contributed by atoms with van der Waals surface area (Å²) in [6, 6.07) is 0. The lowest BCUT2D eigenvalue weighted by atomic mass is 10.4. The molecule has 0 aliphatic carbocycles. The summed E-state index contributed by atoms with van der Waals surface area (Å²) < 4.78 is 0. The molecule has 7 heteroatoms. The molecule has 2 heterocycles. The fourth-order valence-electron chi connectivity index (χ4n) is 2.11. The van der Waals surface area contributed by atoms with E-state index in [0.717, 1.165) is 31.3 Å². The summed E-state index contributed by atoms with van der Waals surface area (Å²) in [4.78, 5) is 15.1. The van der Waals surface area contributed by atoms with Crippen molar-refractivity contribution in [1.82, 2.24) is 15.1 Å². The molecule has 1 saturated heterocycles. The molecule has 0 atom stereocenters. The van der Waals surface area contributed by atoms with E-state index in [0.29, 0.717) is 6.54 Å². The van der Waals surface area contributed by atoms with Crippen molar-refractivity contribution in [1.29, 1.82) is 0 Å². The van der Waals surface area contributed by atoms with Gasteiger partial charge in [-0.1, -0.05) is 11.3 Å². The average Bonchev–Trinajstić information content (AvgIpc) is 3.01. The highest BCUT2D eigenvalue weighted by molar-refractivity contribution is 7.13. The van der Waals surface area contributed by atoms with Gasteiger partial charge < -0.3 is 14.9 Å². The number of hydrogen-bond acceptors (Lipinski definition) is 6. The number of aromatic nitrogens is 2. The molecule has 1 aliphatic heterocycles. The predicted molar refractivity (Wildman–Crippen MR) is 70.0 cm³/mol. The van der Waals surface area contributed by atoms with Crippen LogP contribution in [0.25, 0.3) is 0 Å². The largest absolute Gasteiger partial charge is 0.481 e. The van der Waals surface area contributed by atoms with Crippen LogP contribution in [0.2, 0.25) is 0 Å². The zero-order valence-electron chi connectivity index (χ0n) is 10.3. The van der Waals surface area contributed by atoms with Crippen LogP contribution in [0.4, 0.5) is 5.13 Å². The Labute approximate surface area is 110 Å². The van der Waals surface area contributed by atoms with Crippen LogP contribution >= 0.6 is 11.3 Å². The molecule has 0 aromatic carbocycles. The van der Waals surface area contributed by atoms with Crippen molar-refractivity contribution in [2.45, 2.75) is 19.3 Å². The van der Waals surface area contributed by atoms with E-state index in [4.69, 9.17) is 5.11 Å². The average molecular weight is 270 g/mol. The summed E-state index contributed by atoms with van der Waals surface area (Å²) >= 11 is 1.46. The molecule has 100 valence electrons. The maximum absolute atomic E-state index is 10.7. The predicted octanol–water partition coefficient (Wildman–Crippen LogP) is 0.915. The second-order valence-corrected chi connectivity index (χ2v) is 5.21. The fraction of sp³-hybridized carbons (Fsp3) is 0.727. The van der Waals surface area contributed by atoms with Crippen molar-refractivity contribution in [2.75, 3.05) is 37.6 Å². The van der Waals surface area contributed by atoms with E-state index >= 15 is 0 Å². The van der Waals surface area contributed by atoms with Gasteiger partial charge in [-0.3, -0.25) is 4.79 Å². The monoisotopic (exact) mass is 270 g/mol. The zero-order valence-corrected chi connectivity index (χ0v) is 11.1. The van der Waals surface area contributed by atoms with E-state index < -0.39 is 5.97 Å². The summed E-state index contributed by atoms with van der Waals surface area (Å²) in [6.07, 6.45) is 2.68. The third-order valence-electron chi connectivity index (χ3n) is 3.10. The number of nitrogens with zero attached hydrogens (tertiary/aromatic N) is 4. The van der Waals surface area contributed by atoms with Crippen LogP contribution in [0, 0.1) is 0 Å². The number of carbonyl (C=O) groups is 1. The highest BCUT2D eigenvalue weighted by atomic mass is 32.1. The van der Waals surface area contributed by atoms with Crippen molar-refractivity contribution in [2.24, 2.45) is 0 Å². The van der Waals surface area contributed by atoms with Gasteiger partial charge in [0.25, 0.3) is 0 Å². The number of rotatable bonds is 7. The molecule has 1 aromatic heterocycles. The van der Waals surface area contributed by atoms with Gasteiger partial charge in [0.05, 0.1) is 6.42 Å². The normalized spacial score (nSPS) is 16.0.